The van der Waals surface area contributed by atoms with Gasteiger partial charge in [-0.25, -0.2) is 4.98 Å². The van der Waals surface area contributed by atoms with Crippen molar-refractivity contribution in [1.82, 2.24) is 4.98 Å². The van der Waals surface area contributed by atoms with Gasteiger partial charge in [0.05, 0.1) is 24.2 Å². The van der Waals surface area contributed by atoms with Crippen molar-refractivity contribution >= 4 is 11.5 Å². The van der Waals surface area contributed by atoms with Crippen LogP contribution in [-0.4, -0.2) is 35.7 Å². The van der Waals surface area contributed by atoms with E-state index in [4.69, 9.17) is 4.74 Å². The third kappa shape index (κ3) is 2.40. The van der Waals surface area contributed by atoms with E-state index in [0.29, 0.717) is 24.3 Å². The molecule has 0 N–H and O–H groups in total. The number of ether oxygens (including phenoxy) is 1. The number of hydrogen-bond donors (Lipinski definition) is 0. The van der Waals surface area contributed by atoms with Crippen LogP contribution in [0.15, 0.2) is 12.1 Å². The van der Waals surface area contributed by atoms with E-state index < -0.39 is 0 Å². The van der Waals surface area contributed by atoms with Crippen molar-refractivity contribution in [3.05, 3.63) is 27.9 Å². The van der Waals surface area contributed by atoms with Crippen molar-refractivity contribution in [3.8, 4) is 0 Å². The molecule has 1 aliphatic carbocycles. The fourth-order valence-electron chi connectivity index (χ4n) is 2.67. The van der Waals surface area contributed by atoms with Crippen molar-refractivity contribution in [3.63, 3.8) is 0 Å². The summed E-state index contributed by atoms with van der Waals surface area (Å²) in [7, 11) is 0. The van der Waals surface area contributed by atoms with E-state index in [-0.39, 0.29) is 10.6 Å². The van der Waals surface area contributed by atoms with Gasteiger partial charge in [0, 0.05) is 12.6 Å². The summed E-state index contributed by atoms with van der Waals surface area (Å²) in [6.07, 6.45) is 2.49. The molecule has 1 saturated heterocycles. The molecule has 1 aromatic heterocycles. The molecule has 0 spiro atoms. The number of anilines is 1. The lowest BCUT2D eigenvalue weighted by Gasteiger charge is -2.36. The van der Waals surface area contributed by atoms with Crippen molar-refractivity contribution in [2.75, 3.05) is 24.7 Å². The molecule has 6 nitrogen and oxygen atoms in total. The van der Waals surface area contributed by atoms with E-state index in [1.165, 1.54) is 12.8 Å². The van der Waals surface area contributed by atoms with Gasteiger partial charge in [0.25, 0.3) is 5.69 Å². The molecule has 1 atom stereocenters. The second-order valence-electron chi connectivity index (χ2n) is 5.20. The molecule has 2 heterocycles. The Hall–Kier alpha value is -1.69. The summed E-state index contributed by atoms with van der Waals surface area (Å²) in [5, 5.41) is 10.8. The van der Waals surface area contributed by atoms with Gasteiger partial charge in [-0.15, -0.1) is 0 Å². The first-order valence-corrected chi connectivity index (χ1v) is 6.63. The Morgan fingerprint density at radius 2 is 2.26 bits per heavy atom. The lowest BCUT2D eigenvalue weighted by molar-refractivity contribution is -0.385. The zero-order valence-electron chi connectivity index (χ0n) is 10.9. The summed E-state index contributed by atoms with van der Waals surface area (Å²) in [6.45, 7) is 3.93. The van der Waals surface area contributed by atoms with Crippen LogP contribution in [0.5, 0.6) is 0 Å². The van der Waals surface area contributed by atoms with E-state index in [9.17, 15) is 10.1 Å². The van der Waals surface area contributed by atoms with Gasteiger partial charge in [-0.2, -0.15) is 0 Å². The maximum Gasteiger partial charge on any atom is 0.290 e. The molecule has 2 fully saturated rings. The van der Waals surface area contributed by atoms with Crippen LogP contribution in [0.1, 0.15) is 18.5 Å². The summed E-state index contributed by atoms with van der Waals surface area (Å²) in [5.41, 5.74) is 0.559. The standard InChI is InChI=1S/C13H17N3O3/c1-9-11(16(17)18)4-5-13(14-9)15-6-7-19-8-12(15)10-2-3-10/h4-5,10,12H,2-3,6-8H2,1H3/t12-/m1/s1. The van der Waals surface area contributed by atoms with Crippen LogP contribution in [0.4, 0.5) is 11.5 Å². The topological polar surface area (TPSA) is 68.5 Å². The Balaban J connectivity index is 1.87. The normalized spacial score (nSPS) is 23.4. The zero-order chi connectivity index (χ0) is 13.4. The van der Waals surface area contributed by atoms with Crippen molar-refractivity contribution in [1.29, 1.82) is 0 Å². The van der Waals surface area contributed by atoms with Crippen LogP contribution in [0.2, 0.25) is 0 Å². The van der Waals surface area contributed by atoms with Gasteiger partial charge in [0.2, 0.25) is 0 Å². The fraction of sp³-hybridized carbons (Fsp3) is 0.615. The largest absolute Gasteiger partial charge is 0.377 e. The first kappa shape index (κ1) is 12.3. The Morgan fingerprint density at radius 1 is 1.47 bits per heavy atom. The molecule has 0 radical (unpaired) electrons. The Kier molecular flexibility index (Phi) is 3.10. The van der Waals surface area contributed by atoms with E-state index in [2.05, 4.69) is 9.88 Å². The number of hydrogen-bond acceptors (Lipinski definition) is 5. The maximum absolute atomic E-state index is 10.8. The molecule has 1 saturated carbocycles. The second kappa shape index (κ2) is 4.77. The average molecular weight is 263 g/mol. The number of nitro groups is 1. The highest BCUT2D eigenvalue weighted by Gasteiger charge is 2.38. The number of nitrogens with zero attached hydrogens (tertiary/aromatic N) is 3. The van der Waals surface area contributed by atoms with Crippen LogP contribution in [0, 0.1) is 23.0 Å². The van der Waals surface area contributed by atoms with Gasteiger partial charge in [-0.1, -0.05) is 0 Å². The minimum absolute atomic E-state index is 0.0833. The summed E-state index contributed by atoms with van der Waals surface area (Å²) in [5.74, 6) is 1.53. The summed E-state index contributed by atoms with van der Waals surface area (Å²) in [4.78, 5) is 17.1. The lowest BCUT2D eigenvalue weighted by atomic mass is 10.1. The predicted octanol–water partition coefficient (Wildman–Crippen LogP) is 1.91. The number of pyridine rings is 1. The first-order chi connectivity index (χ1) is 9.16. The minimum atomic E-state index is -0.385. The van der Waals surface area contributed by atoms with E-state index >= 15 is 0 Å². The Morgan fingerprint density at radius 3 is 2.89 bits per heavy atom. The molecule has 2 aliphatic rings. The van der Waals surface area contributed by atoms with Gasteiger partial charge in [0.15, 0.2) is 0 Å². The molecule has 1 aromatic rings. The molecular weight excluding hydrogens is 246 g/mol. The number of aryl methyl sites for hydroxylation is 1. The van der Waals surface area contributed by atoms with Crippen LogP contribution in [-0.2, 0) is 4.74 Å². The number of morpholine rings is 1. The molecule has 0 aromatic carbocycles. The van der Waals surface area contributed by atoms with Crippen LogP contribution in [0.25, 0.3) is 0 Å². The average Bonchev–Trinajstić information content (AvgIpc) is 3.22. The van der Waals surface area contributed by atoms with E-state index in [1.807, 2.05) is 0 Å². The molecule has 1 aliphatic heterocycles. The Bertz CT molecular complexity index is 502. The zero-order valence-corrected chi connectivity index (χ0v) is 10.9. The predicted molar refractivity (Wildman–Crippen MR) is 70.3 cm³/mol. The third-order valence-corrected chi connectivity index (χ3v) is 3.87. The second-order valence-corrected chi connectivity index (χ2v) is 5.20. The van der Waals surface area contributed by atoms with Gasteiger partial charge in [-0.05, 0) is 31.7 Å². The highest BCUT2D eigenvalue weighted by atomic mass is 16.6. The van der Waals surface area contributed by atoms with Crippen molar-refractivity contribution in [2.24, 2.45) is 5.92 Å². The highest BCUT2D eigenvalue weighted by Crippen LogP contribution is 2.38. The lowest BCUT2D eigenvalue weighted by Crippen LogP contribution is -2.47. The molecular formula is C13H17N3O3. The number of aromatic nitrogens is 1. The minimum Gasteiger partial charge on any atom is -0.377 e. The van der Waals surface area contributed by atoms with Crippen molar-refractivity contribution < 1.29 is 9.66 Å². The molecule has 102 valence electrons. The van der Waals surface area contributed by atoms with Crippen LogP contribution >= 0.6 is 0 Å². The van der Waals surface area contributed by atoms with Gasteiger partial charge in [-0.3, -0.25) is 10.1 Å². The third-order valence-electron chi connectivity index (χ3n) is 3.87. The van der Waals surface area contributed by atoms with Gasteiger partial charge in [0.1, 0.15) is 11.5 Å². The number of rotatable bonds is 3. The molecule has 0 unspecified atom stereocenters. The highest BCUT2D eigenvalue weighted by molar-refractivity contribution is 5.48. The molecule has 6 heteroatoms. The van der Waals surface area contributed by atoms with E-state index in [1.54, 1.807) is 19.1 Å². The smallest absolute Gasteiger partial charge is 0.290 e. The summed E-state index contributed by atoms with van der Waals surface area (Å²) >= 11 is 0. The molecule has 19 heavy (non-hydrogen) atoms. The quantitative estimate of drug-likeness (QED) is 0.615. The first-order valence-electron chi connectivity index (χ1n) is 6.63. The van der Waals surface area contributed by atoms with Gasteiger partial charge < -0.3 is 9.64 Å². The SMILES string of the molecule is Cc1nc(N2CCOC[C@@H]2C2CC2)ccc1[N+](=O)[O-]. The summed E-state index contributed by atoms with van der Waals surface area (Å²) in [6, 6.07) is 3.69. The maximum atomic E-state index is 10.8. The molecule has 0 bridgehead atoms. The van der Waals surface area contributed by atoms with Crippen LogP contribution in [0.3, 0.4) is 0 Å². The van der Waals surface area contributed by atoms with Crippen molar-refractivity contribution in [2.45, 2.75) is 25.8 Å². The fourth-order valence-corrected chi connectivity index (χ4v) is 2.67. The Labute approximate surface area is 111 Å². The van der Waals surface area contributed by atoms with Crippen LogP contribution < -0.4 is 4.90 Å². The summed E-state index contributed by atoms with van der Waals surface area (Å²) < 4.78 is 5.55. The van der Waals surface area contributed by atoms with Gasteiger partial charge >= 0.3 is 0 Å². The van der Waals surface area contributed by atoms with E-state index in [0.717, 1.165) is 19.0 Å². The monoisotopic (exact) mass is 263 g/mol. The molecule has 3 rings (SSSR count). The molecule has 0 amide bonds.